The van der Waals surface area contributed by atoms with Gasteiger partial charge in [0, 0.05) is 0 Å². The second-order valence-electron chi connectivity index (χ2n) is 5.22. The summed E-state index contributed by atoms with van der Waals surface area (Å²) < 4.78 is 18.1. The molecule has 0 saturated carbocycles. The lowest BCUT2D eigenvalue weighted by molar-refractivity contribution is -0.385. The molecule has 2 aromatic carbocycles. The predicted octanol–water partition coefficient (Wildman–Crippen LogP) is 1.57. The van der Waals surface area contributed by atoms with Crippen LogP contribution in [0, 0.1) is 15.9 Å². The zero-order valence-electron chi connectivity index (χ0n) is 13.4. The van der Waals surface area contributed by atoms with E-state index in [1.165, 1.54) is 0 Å². The third-order valence-electron chi connectivity index (χ3n) is 3.40. The highest BCUT2D eigenvalue weighted by Crippen LogP contribution is 2.19. The molecule has 26 heavy (non-hydrogen) atoms. The van der Waals surface area contributed by atoms with Crippen molar-refractivity contribution in [1.29, 1.82) is 0 Å². The molecule has 0 saturated heterocycles. The summed E-state index contributed by atoms with van der Waals surface area (Å²) in [5.41, 5.74) is -0.486. The second-order valence-corrected chi connectivity index (χ2v) is 5.22. The number of nitrogens with zero attached hydrogens (tertiary/aromatic N) is 1. The summed E-state index contributed by atoms with van der Waals surface area (Å²) in [6.45, 7) is -0.836. The number of rotatable bonds is 7. The van der Waals surface area contributed by atoms with Crippen LogP contribution in [-0.2, 0) is 16.1 Å². The number of esters is 1. The monoisotopic (exact) mass is 362 g/mol. The van der Waals surface area contributed by atoms with Crippen LogP contribution in [0.5, 0.6) is 0 Å². The van der Waals surface area contributed by atoms with Gasteiger partial charge in [-0.3, -0.25) is 14.9 Å². The number of aliphatic hydroxyl groups excluding tert-OH is 1. The Balaban J connectivity index is 2.06. The number of carbonyl (C=O) groups excluding carboxylic acids is 2. The molecule has 136 valence electrons. The third kappa shape index (κ3) is 4.84. The molecule has 2 rings (SSSR count). The molecule has 0 aromatic heterocycles. The zero-order valence-corrected chi connectivity index (χ0v) is 13.4. The highest BCUT2D eigenvalue weighted by Gasteiger charge is 2.26. The third-order valence-corrected chi connectivity index (χ3v) is 3.40. The average Bonchev–Trinajstić information content (AvgIpc) is 2.64. The minimum Gasteiger partial charge on any atom is -0.459 e. The molecule has 2 N–H and O–H groups in total. The molecule has 0 aliphatic carbocycles. The fraction of sp³-hybridized carbons (Fsp3) is 0.176. The van der Waals surface area contributed by atoms with E-state index >= 15 is 0 Å². The maximum atomic E-state index is 13.1. The van der Waals surface area contributed by atoms with Gasteiger partial charge in [0.15, 0.2) is 6.04 Å². The summed E-state index contributed by atoms with van der Waals surface area (Å²) >= 11 is 0. The number of halogens is 1. The van der Waals surface area contributed by atoms with Crippen LogP contribution >= 0.6 is 0 Å². The predicted molar refractivity (Wildman–Crippen MR) is 87.6 cm³/mol. The van der Waals surface area contributed by atoms with Crippen molar-refractivity contribution >= 4 is 17.6 Å². The molecule has 0 aliphatic heterocycles. The summed E-state index contributed by atoms with van der Waals surface area (Å²) in [6, 6.07) is 9.72. The maximum absolute atomic E-state index is 13.1. The van der Waals surface area contributed by atoms with Crippen LogP contribution in [0.2, 0.25) is 0 Å². The van der Waals surface area contributed by atoms with Crippen molar-refractivity contribution in [2.24, 2.45) is 0 Å². The molecule has 1 atom stereocenters. The Hall–Kier alpha value is -3.33. The summed E-state index contributed by atoms with van der Waals surface area (Å²) in [5, 5.41) is 22.4. The number of ether oxygens (including phenoxy) is 1. The smallest absolute Gasteiger partial charge is 0.331 e. The van der Waals surface area contributed by atoms with Gasteiger partial charge >= 0.3 is 5.97 Å². The van der Waals surface area contributed by atoms with E-state index in [1.807, 2.05) is 0 Å². The molecular formula is C17H15FN2O6. The SMILES string of the molecule is O=C(N[C@@H](CO)C(=O)OCc1ccccc1)c1ccc(F)cc1[N+](=O)[O-]. The molecule has 0 heterocycles. The van der Waals surface area contributed by atoms with Crippen molar-refractivity contribution in [3.8, 4) is 0 Å². The van der Waals surface area contributed by atoms with E-state index in [-0.39, 0.29) is 6.61 Å². The molecule has 9 heteroatoms. The topological polar surface area (TPSA) is 119 Å². The minimum absolute atomic E-state index is 0.0667. The van der Waals surface area contributed by atoms with Crippen LogP contribution in [0.15, 0.2) is 48.5 Å². The normalized spacial score (nSPS) is 11.5. The number of hydrogen-bond acceptors (Lipinski definition) is 6. The average molecular weight is 362 g/mol. The number of aliphatic hydroxyl groups is 1. The Morgan fingerprint density at radius 1 is 1.23 bits per heavy atom. The molecule has 0 fully saturated rings. The van der Waals surface area contributed by atoms with Crippen molar-refractivity contribution in [2.75, 3.05) is 6.61 Å². The van der Waals surface area contributed by atoms with E-state index in [9.17, 15) is 29.2 Å². The molecule has 2 aromatic rings. The second kappa shape index (κ2) is 8.67. The summed E-state index contributed by atoms with van der Waals surface area (Å²) in [5.74, 6) is -2.80. The van der Waals surface area contributed by atoms with E-state index in [0.717, 1.165) is 12.1 Å². The Morgan fingerprint density at radius 2 is 1.92 bits per heavy atom. The van der Waals surface area contributed by atoms with E-state index in [0.29, 0.717) is 11.6 Å². The first-order valence-electron chi connectivity index (χ1n) is 7.48. The van der Waals surface area contributed by atoms with Crippen LogP contribution in [0.25, 0.3) is 0 Å². The molecule has 0 aliphatic rings. The summed E-state index contributed by atoms with van der Waals surface area (Å²) in [6.07, 6.45) is 0. The Morgan fingerprint density at radius 3 is 2.54 bits per heavy atom. The first-order chi connectivity index (χ1) is 12.4. The van der Waals surface area contributed by atoms with E-state index < -0.39 is 46.5 Å². The number of nitro groups is 1. The van der Waals surface area contributed by atoms with Crippen molar-refractivity contribution in [2.45, 2.75) is 12.6 Å². The van der Waals surface area contributed by atoms with Crippen LogP contribution in [0.1, 0.15) is 15.9 Å². The molecule has 1 amide bonds. The largest absolute Gasteiger partial charge is 0.459 e. The Bertz CT molecular complexity index is 812. The summed E-state index contributed by atoms with van der Waals surface area (Å²) in [7, 11) is 0. The number of hydrogen-bond donors (Lipinski definition) is 2. The van der Waals surface area contributed by atoms with Gasteiger partial charge in [0.25, 0.3) is 11.6 Å². The van der Waals surface area contributed by atoms with Crippen molar-refractivity contribution in [3.63, 3.8) is 0 Å². The van der Waals surface area contributed by atoms with Gasteiger partial charge in [-0.1, -0.05) is 30.3 Å². The first kappa shape index (κ1) is 19.0. The van der Waals surface area contributed by atoms with Gasteiger partial charge in [-0.2, -0.15) is 0 Å². The Labute approximate surface area is 147 Å². The van der Waals surface area contributed by atoms with Crippen LogP contribution in [-0.4, -0.2) is 34.6 Å². The fourth-order valence-electron chi connectivity index (χ4n) is 2.09. The summed E-state index contributed by atoms with van der Waals surface area (Å²) in [4.78, 5) is 34.2. The molecule has 0 unspecified atom stereocenters. The van der Waals surface area contributed by atoms with Crippen LogP contribution in [0.3, 0.4) is 0 Å². The molecule has 0 bridgehead atoms. The van der Waals surface area contributed by atoms with Crippen molar-refractivity contribution in [1.82, 2.24) is 5.32 Å². The molecule has 0 spiro atoms. The van der Waals surface area contributed by atoms with E-state index in [1.54, 1.807) is 30.3 Å². The maximum Gasteiger partial charge on any atom is 0.331 e. The van der Waals surface area contributed by atoms with Gasteiger partial charge < -0.3 is 15.2 Å². The quantitative estimate of drug-likeness (QED) is 0.438. The lowest BCUT2D eigenvalue weighted by atomic mass is 10.1. The fourth-order valence-corrected chi connectivity index (χ4v) is 2.09. The molecule has 0 radical (unpaired) electrons. The van der Waals surface area contributed by atoms with Gasteiger partial charge in [-0.05, 0) is 17.7 Å². The van der Waals surface area contributed by atoms with Crippen molar-refractivity contribution in [3.05, 3.63) is 75.6 Å². The van der Waals surface area contributed by atoms with Crippen molar-refractivity contribution < 1.29 is 28.7 Å². The van der Waals surface area contributed by atoms with Gasteiger partial charge in [-0.15, -0.1) is 0 Å². The Kier molecular flexibility index (Phi) is 6.34. The first-order valence-corrected chi connectivity index (χ1v) is 7.48. The van der Waals surface area contributed by atoms with Crippen LogP contribution in [0.4, 0.5) is 10.1 Å². The lowest BCUT2D eigenvalue weighted by Gasteiger charge is -2.15. The van der Waals surface area contributed by atoms with Crippen LogP contribution < -0.4 is 5.32 Å². The molecular weight excluding hydrogens is 347 g/mol. The number of nitro benzene ring substituents is 1. The highest BCUT2D eigenvalue weighted by atomic mass is 19.1. The lowest BCUT2D eigenvalue weighted by Crippen LogP contribution is -2.44. The van der Waals surface area contributed by atoms with Gasteiger partial charge in [0.1, 0.15) is 18.0 Å². The molecule has 8 nitrogen and oxygen atoms in total. The van der Waals surface area contributed by atoms with Gasteiger partial charge in [0.05, 0.1) is 17.6 Å². The number of nitrogens with one attached hydrogen (secondary N) is 1. The van der Waals surface area contributed by atoms with E-state index in [2.05, 4.69) is 5.32 Å². The number of carbonyl (C=O) groups is 2. The highest BCUT2D eigenvalue weighted by molar-refractivity contribution is 6.00. The van der Waals surface area contributed by atoms with Gasteiger partial charge in [-0.25, -0.2) is 9.18 Å². The van der Waals surface area contributed by atoms with Gasteiger partial charge in [0.2, 0.25) is 0 Å². The number of amides is 1. The zero-order chi connectivity index (χ0) is 19.1. The van der Waals surface area contributed by atoms with E-state index in [4.69, 9.17) is 4.74 Å². The minimum atomic E-state index is -1.42. The number of benzene rings is 2. The standard InChI is InChI=1S/C17H15FN2O6/c18-12-6-7-13(15(8-12)20(24)25)16(22)19-14(9-21)17(23)26-10-11-4-2-1-3-5-11/h1-8,14,21H,9-10H2,(H,19,22)/t14-/m0/s1.